The summed E-state index contributed by atoms with van der Waals surface area (Å²) in [6.45, 7) is -0.319. The first-order valence-electron chi connectivity index (χ1n) is 5.48. The molecule has 0 spiro atoms. The monoisotopic (exact) mass is 248 g/mol. The summed E-state index contributed by atoms with van der Waals surface area (Å²) in [4.78, 5) is 22.1. The molecule has 0 aromatic carbocycles. The molecule has 18 heavy (non-hydrogen) atoms. The van der Waals surface area contributed by atoms with Crippen molar-refractivity contribution in [3.8, 4) is 0 Å². The molecule has 0 saturated heterocycles. The van der Waals surface area contributed by atoms with Crippen molar-refractivity contribution >= 4 is 5.91 Å². The lowest BCUT2D eigenvalue weighted by Crippen LogP contribution is -2.19. The fraction of sp³-hybridized carbons (Fsp3) is 0.250. The van der Waals surface area contributed by atoms with Crippen LogP contribution in [-0.4, -0.2) is 21.9 Å². The standard InChI is InChI=1S/C12H12N2O4/c15-12(13-5-1-2-6-13)8-10(9-14(16)17)11-4-3-7-18-11/h1-7,10H,8-9H2. The molecule has 94 valence electrons. The van der Waals surface area contributed by atoms with E-state index in [0.717, 1.165) is 0 Å². The van der Waals surface area contributed by atoms with Gasteiger partial charge in [-0.05, 0) is 24.3 Å². The maximum Gasteiger partial charge on any atom is 0.231 e. The number of hydrogen-bond donors (Lipinski definition) is 0. The Labute approximate surface area is 103 Å². The molecule has 0 fully saturated rings. The summed E-state index contributed by atoms with van der Waals surface area (Å²) in [7, 11) is 0. The maximum absolute atomic E-state index is 11.9. The van der Waals surface area contributed by atoms with Gasteiger partial charge in [-0.25, -0.2) is 0 Å². The highest BCUT2D eigenvalue weighted by Gasteiger charge is 2.24. The zero-order chi connectivity index (χ0) is 13.0. The predicted molar refractivity (Wildman–Crippen MR) is 63.0 cm³/mol. The van der Waals surface area contributed by atoms with Crippen LogP contribution in [0.25, 0.3) is 0 Å². The number of hydrogen-bond acceptors (Lipinski definition) is 4. The third-order valence-corrected chi connectivity index (χ3v) is 2.63. The average Bonchev–Trinajstić information content (AvgIpc) is 3.01. The van der Waals surface area contributed by atoms with E-state index in [2.05, 4.69) is 0 Å². The molecule has 1 unspecified atom stereocenters. The Hall–Kier alpha value is -2.37. The molecule has 0 aliphatic heterocycles. The fourth-order valence-electron chi connectivity index (χ4n) is 1.78. The summed E-state index contributed by atoms with van der Waals surface area (Å²) in [5.41, 5.74) is 0. The van der Waals surface area contributed by atoms with Crippen LogP contribution in [0.2, 0.25) is 0 Å². The second-order valence-corrected chi connectivity index (χ2v) is 3.92. The van der Waals surface area contributed by atoms with Gasteiger partial charge in [-0.1, -0.05) is 0 Å². The van der Waals surface area contributed by atoms with Crippen LogP contribution in [0.4, 0.5) is 0 Å². The van der Waals surface area contributed by atoms with Gasteiger partial charge in [-0.15, -0.1) is 0 Å². The van der Waals surface area contributed by atoms with E-state index in [1.807, 2.05) is 0 Å². The number of furan rings is 1. The molecule has 0 aliphatic rings. The van der Waals surface area contributed by atoms with Crippen LogP contribution >= 0.6 is 0 Å². The van der Waals surface area contributed by atoms with Crippen LogP contribution in [0.15, 0.2) is 47.3 Å². The van der Waals surface area contributed by atoms with Crippen LogP contribution in [0.3, 0.4) is 0 Å². The van der Waals surface area contributed by atoms with E-state index < -0.39 is 10.8 Å². The highest BCUT2D eigenvalue weighted by atomic mass is 16.6. The molecule has 2 heterocycles. The van der Waals surface area contributed by atoms with Crippen LogP contribution in [0.5, 0.6) is 0 Å². The molecular weight excluding hydrogens is 236 g/mol. The molecule has 2 aromatic rings. The van der Waals surface area contributed by atoms with Gasteiger partial charge in [0.05, 0.1) is 12.2 Å². The molecule has 1 atom stereocenters. The van der Waals surface area contributed by atoms with Gasteiger partial charge in [0.1, 0.15) is 5.76 Å². The molecule has 0 saturated carbocycles. The Morgan fingerprint density at radius 1 is 1.39 bits per heavy atom. The molecule has 0 bridgehead atoms. The maximum atomic E-state index is 11.9. The molecule has 0 N–H and O–H groups in total. The Morgan fingerprint density at radius 3 is 2.67 bits per heavy atom. The van der Waals surface area contributed by atoms with Crippen LogP contribution < -0.4 is 0 Å². The summed E-state index contributed by atoms with van der Waals surface area (Å²) in [6, 6.07) is 6.76. The van der Waals surface area contributed by atoms with E-state index in [9.17, 15) is 14.9 Å². The Balaban J connectivity index is 2.11. The molecule has 0 radical (unpaired) electrons. The van der Waals surface area contributed by atoms with Crippen molar-refractivity contribution in [1.29, 1.82) is 0 Å². The molecule has 2 aromatic heterocycles. The van der Waals surface area contributed by atoms with Gasteiger partial charge in [0.2, 0.25) is 12.5 Å². The third kappa shape index (κ3) is 2.85. The van der Waals surface area contributed by atoms with Gasteiger partial charge in [0, 0.05) is 23.7 Å². The molecule has 6 nitrogen and oxygen atoms in total. The van der Waals surface area contributed by atoms with E-state index in [0.29, 0.717) is 5.76 Å². The van der Waals surface area contributed by atoms with Crippen molar-refractivity contribution in [2.24, 2.45) is 0 Å². The summed E-state index contributed by atoms with van der Waals surface area (Å²) in [5, 5.41) is 10.6. The summed E-state index contributed by atoms with van der Waals surface area (Å²) in [6.07, 6.45) is 4.73. The van der Waals surface area contributed by atoms with Gasteiger partial charge in [0.25, 0.3) is 0 Å². The number of carbonyl (C=O) groups is 1. The van der Waals surface area contributed by atoms with Gasteiger partial charge >= 0.3 is 0 Å². The van der Waals surface area contributed by atoms with Crippen molar-refractivity contribution in [3.63, 3.8) is 0 Å². The van der Waals surface area contributed by atoms with E-state index in [-0.39, 0.29) is 18.9 Å². The lowest BCUT2D eigenvalue weighted by Gasteiger charge is -2.09. The van der Waals surface area contributed by atoms with Crippen molar-refractivity contribution in [2.45, 2.75) is 12.3 Å². The Kier molecular flexibility index (Phi) is 3.57. The highest BCUT2D eigenvalue weighted by Crippen LogP contribution is 2.21. The van der Waals surface area contributed by atoms with Gasteiger partial charge in [0.15, 0.2) is 0 Å². The minimum Gasteiger partial charge on any atom is -0.469 e. The topological polar surface area (TPSA) is 78.3 Å². The van der Waals surface area contributed by atoms with Crippen LogP contribution in [0, 0.1) is 10.1 Å². The largest absolute Gasteiger partial charge is 0.469 e. The van der Waals surface area contributed by atoms with Gasteiger partial charge in [-0.3, -0.25) is 19.5 Å². The third-order valence-electron chi connectivity index (χ3n) is 2.63. The molecule has 0 amide bonds. The molecule has 2 rings (SSSR count). The van der Waals surface area contributed by atoms with Crippen LogP contribution in [0.1, 0.15) is 22.9 Å². The minimum absolute atomic E-state index is 0.0448. The quantitative estimate of drug-likeness (QED) is 0.600. The van der Waals surface area contributed by atoms with Crippen molar-refractivity contribution < 1.29 is 14.1 Å². The first-order chi connectivity index (χ1) is 8.66. The number of aromatic nitrogens is 1. The number of nitrogens with zero attached hydrogens (tertiary/aromatic N) is 2. The number of carbonyl (C=O) groups excluding carboxylic acids is 1. The van der Waals surface area contributed by atoms with Gasteiger partial charge in [-0.2, -0.15) is 0 Å². The molecule has 0 aliphatic carbocycles. The van der Waals surface area contributed by atoms with Gasteiger partial charge < -0.3 is 4.42 Å². The van der Waals surface area contributed by atoms with E-state index in [4.69, 9.17) is 4.42 Å². The normalized spacial score (nSPS) is 12.2. The average molecular weight is 248 g/mol. The smallest absolute Gasteiger partial charge is 0.231 e. The minimum atomic E-state index is -0.537. The van der Waals surface area contributed by atoms with E-state index >= 15 is 0 Å². The number of nitro groups is 1. The van der Waals surface area contributed by atoms with E-state index in [1.54, 1.807) is 36.7 Å². The Morgan fingerprint density at radius 2 is 2.11 bits per heavy atom. The molecule has 6 heteroatoms. The van der Waals surface area contributed by atoms with Crippen molar-refractivity contribution in [3.05, 3.63) is 58.8 Å². The Bertz CT molecular complexity index is 516. The summed E-state index contributed by atoms with van der Waals surface area (Å²) >= 11 is 0. The summed E-state index contributed by atoms with van der Waals surface area (Å²) in [5.74, 6) is -0.264. The lowest BCUT2D eigenvalue weighted by atomic mass is 10.0. The number of rotatable bonds is 5. The second-order valence-electron chi connectivity index (χ2n) is 3.92. The second kappa shape index (κ2) is 5.31. The first-order valence-corrected chi connectivity index (χ1v) is 5.48. The lowest BCUT2D eigenvalue weighted by molar-refractivity contribution is -0.483. The zero-order valence-corrected chi connectivity index (χ0v) is 9.56. The predicted octanol–water partition coefficient (Wildman–Crippen LogP) is 2.17. The van der Waals surface area contributed by atoms with Crippen LogP contribution in [-0.2, 0) is 0 Å². The van der Waals surface area contributed by atoms with Crippen molar-refractivity contribution in [2.75, 3.05) is 6.54 Å². The first kappa shape index (κ1) is 12.1. The SMILES string of the molecule is O=C(CC(C[N+](=O)[O-])c1ccco1)n1cccc1. The highest BCUT2D eigenvalue weighted by molar-refractivity contribution is 5.79. The molecular formula is C12H12N2O4. The van der Waals surface area contributed by atoms with Crippen molar-refractivity contribution in [1.82, 2.24) is 4.57 Å². The fourth-order valence-corrected chi connectivity index (χ4v) is 1.78. The van der Waals surface area contributed by atoms with E-state index in [1.165, 1.54) is 10.8 Å². The summed E-state index contributed by atoms with van der Waals surface area (Å²) < 4.78 is 6.56. The zero-order valence-electron chi connectivity index (χ0n) is 9.56.